The van der Waals surface area contributed by atoms with E-state index in [4.69, 9.17) is 4.74 Å². The van der Waals surface area contributed by atoms with E-state index in [1.54, 1.807) is 0 Å². The molecule has 1 amide bonds. The van der Waals surface area contributed by atoms with E-state index in [0.717, 1.165) is 24.3 Å². The smallest absolute Gasteiger partial charge is 0.255 e. The minimum Gasteiger partial charge on any atom is -0.368 e. The Labute approximate surface area is 133 Å². The Morgan fingerprint density at radius 3 is 2.95 bits per heavy atom. The van der Waals surface area contributed by atoms with Gasteiger partial charge in [0.05, 0.1) is 0 Å². The van der Waals surface area contributed by atoms with Crippen LogP contribution in [0.15, 0.2) is 30.3 Å². The lowest BCUT2D eigenvalue weighted by Crippen LogP contribution is -2.26. The van der Waals surface area contributed by atoms with Crippen LogP contribution in [0.4, 0.5) is 5.13 Å². The Morgan fingerprint density at radius 2 is 2.23 bits per heavy atom. The number of hydrogen-bond acceptors (Lipinski definition) is 5. The first-order valence-electron chi connectivity index (χ1n) is 7.52. The van der Waals surface area contributed by atoms with Crippen molar-refractivity contribution in [2.45, 2.75) is 38.2 Å². The van der Waals surface area contributed by atoms with Gasteiger partial charge in [0.2, 0.25) is 5.13 Å². The second kappa shape index (κ2) is 6.98. The van der Waals surface area contributed by atoms with Crippen LogP contribution in [0.5, 0.6) is 0 Å². The zero-order valence-electron chi connectivity index (χ0n) is 12.5. The number of amides is 1. The summed E-state index contributed by atoms with van der Waals surface area (Å²) in [6.07, 6.45) is 2.20. The lowest BCUT2D eigenvalue weighted by molar-refractivity contribution is -0.124. The average molecular weight is 317 g/mol. The van der Waals surface area contributed by atoms with Crippen molar-refractivity contribution in [3.8, 4) is 0 Å². The Kier molecular flexibility index (Phi) is 4.80. The number of aromatic nitrogens is 2. The quantitative estimate of drug-likeness (QED) is 0.921. The molecule has 2 unspecified atom stereocenters. The van der Waals surface area contributed by atoms with Crippen molar-refractivity contribution in [3.63, 3.8) is 0 Å². The maximum Gasteiger partial charge on any atom is 0.255 e. The van der Waals surface area contributed by atoms with Crippen molar-refractivity contribution in [3.05, 3.63) is 40.9 Å². The van der Waals surface area contributed by atoms with Crippen LogP contribution in [0.2, 0.25) is 0 Å². The van der Waals surface area contributed by atoms with Crippen LogP contribution in [0, 0.1) is 0 Å². The zero-order valence-corrected chi connectivity index (χ0v) is 13.3. The van der Waals surface area contributed by atoms with Gasteiger partial charge in [-0.2, -0.15) is 0 Å². The molecule has 1 N–H and O–H groups in total. The standard InChI is InChI=1S/C16H19N3O2S/c1-11(12-6-3-2-4-7-12)10-14-18-19-16(22-14)17-15(20)13-8-5-9-21-13/h2-4,6-7,11,13H,5,8-10H2,1H3,(H,17,19,20). The molecule has 0 aliphatic carbocycles. The summed E-state index contributed by atoms with van der Waals surface area (Å²) in [5.41, 5.74) is 1.28. The lowest BCUT2D eigenvalue weighted by atomic mass is 9.98. The predicted molar refractivity (Wildman–Crippen MR) is 86.1 cm³/mol. The maximum atomic E-state index is 12.0. The van der Waals surface area contributed by atoms with Crippen molar-refractivity contribution >= 4 is 22.4 Å². The number of carbonyl (C=O) groups excluding carboxylic acids is 1. The largest absolute Gasteiger partial charge is 0.368 e. The molecular weight excluding hydrogens is 298 g/mol. The van der Waals surface area contributed by atoms with Gasteiger partial charge in [-0.3, -0.25) is 10.1 Å². The topological polar surface area (TPSA) is 64.1 Å². The molecule has 0 bridgehead atoms. The fraction of sp³-hybridized carbons (Fsp3) is 0.438. The summed E-state index contributed by atoms with van der Waals surface area (Å²) in [4.78, 5) is 12.0. The summed E-state index contributed by atoms with van der Waals surface area (Å²) in [6, 6.07) is 10.3. The number of rotatable bonds is 5. The molecular formula is C16H19N3O2S. The second-order valence-electron chi connectivity index (χ2n) is 5.51. The molecule has 116 valence electrons. The minimum atomic E-state index is -0.337. The van der Waals surface area contributed by atoms with E-state index in [0.29, 0.717) is 17.7 Å². The molecule has 22 heavy (non-hydrogen) atoms. The Bertz CT molecular complexity index is 623. The SMILES string of the molecule is CC(Cc1nnc(NC(=O)C2CCCO2)s1)c1ccccc1. The zero-order chi connectivity index (χ0) is 15.4. The molecule has 0 spiro atoms. The highest BCUT2D eigenvalue weighted by atomic mass is 32.1. The Morgan fingerprint density at radius 1 is 1.41 bits per heavy atom. The molecule has 0 radical (unpaired) electrons. The monoisotopic (exact) mass is 317 g/mol. The summed E-state index contributed by atoms with van der Waals surface area (Å²) in [6.45, 7) is 2.83. The van der Waals surface area contributed by atoms with Crippen LogP contribution in [-0.2, 0) is 16.0 Å². The molecule has 2 aromatic rings. The number of carbonyl (C=O) groups is 1. The first-order chi connectivity index (χ1) is 10.7. The number of nitrogens with zero attached hydrogens (tertiary/aromatic N) is 2. The highest BCUT2D eigenvalue weighted by Gasteiger charge is 2.24. The van der Waals surface area contributed by atoms with Gasteiger partial charge >= 0.3 is 0 Å². The van der Waals surface area contributed by atoms with Gasteiger partial charge in [-0.1, -0.05) is 48.6 Å². The molecule has 0 saturated carbocycles. The normalized spacial score (nSPS) is 19.0. The fourth-order valence-electron chi connectivity index (χ4n) is 2.52. The van der Waals surface area contributed by atoms with Crippen molar-refractivity contribution in [1.82, 2.24) is 10.2 Å². The Hall–Kier alpha value is -1.79. The summed E-state index contributed by atoms with van der Waals surface area (Å²) >= 11 is 1.43. The van der Waals surface area contributed by atoms with Gasteiger partial charge in [0.1, 0.15) is 11.1 Å². The molecule has 1 fully saturated rings. The fourth-order valence-corrected chi connectivity index (χ4v) is 3.39. The van der Waals surface area contributed by atoms with E-state index >= 15 is 0 Å². The van der Waals surface area contributed by atoms with Gasteiger partial charge in [0.25, 0.3) is 5.91 Å². The summed E-state index contributed by atoms with van der Waals surface area (Å²) in [7, 11) is 0. The van der Waals surface area contributed by atoms with Crippen LogP contribution >= 0.6 is 11.3 Å². The van der Waals surface area contributed by atoms with Gasteiger partial charge in [-0.25, -0.2) is 0 Å². The van der Waals surface area contributed by atoms with Crippen molar-refractivity contribution in [2.24, 2.45) is 0 Å². The molecule has 1 aromatic heterocycles. The molecule has 6 heteroatoms. The molecule has 1 aliphatic rings. The van der Waals surface area contributed by atoms with Gasteiger partial charge in [-0.15, -0.1) is 10.2 Å². The summed E-state index contributed by atoms with van der Waals surface area (Å²) < 4.78 is 5.36. The van der Waals surface area contributed by atoms with Crippen LogP contribution in [0.1, 0.15) is 36.3 Å². The third-order valence-electron chi connectivity index (χ3n) is 3.77. The Balaban J connectivity index is 1.58. The van der Waals surface area contributed by atoms with E-state index in [2.05, 4.69) is 34.6 Å². The molecule has 2 heterocycles. The van der Waals surface area contributed by atoms with E-state index in [9.17, 15) is 4.79 Å². The van der Waals surface area contributed by atoms with Gasteiger partial charge in [0.15, 0.2) is 0 Å². The molecule has 1 aromatic carbocycles. The van der Waals surface area contributed by atoms with Gasteiger partial charge < -0.3 is 4.74 Å². The molecule has 1 saturated heterocycles. The predicted octanol–water partition coefficient (Wildman–Crippen LogP) is 3.00. The second-order valence-corrected chi connectivity index (χ2v) is 6.57. The summed E-state index contributed by atoms with van der Waals surface area (Å²) in [5.74, 6) is 0.257. The molecule has 2 atom stereocenters. The first kappa shape index (κ1) is 15.1. The van der Waals surface area contributed by atoms with E-state index in [1.165, 1.54) is 16.9 Å². The van der Waals surface area contributed by atoms with E-state index < -0.39 is 0 Å². The highest BCUT2D eigenvalue weighted by molar-refractivity contribution is 7.15. The van der Waals surface area contributed by atoms with Crippen molar-refractivity contribution in [1.29, 1.82) is 0 Å². The lowest BCUT2D eigenvalue weighted by Gasteiger charge is -2.09. The van der Waals surface area contributed by atoms with Crippen LogP contribution in [-0.4, -0.2) is 28.8 Å². The van der Waals surface area contributed by atoms with Crippen LogP contribution < -0.4 is 5.32 Å². The van der Waals surface area contributed by atoms with E-state index in [-0.39, 0.29) is 12.0 Å². The number of hydrogen-bond donors (Lipinski definition) is 1. The van der Waals surface area contributed by atoms with Crippen LogP contribution in [0.25, 0.3) is 0 Å². The van der Waals surface area contributed by atoms with Gasteiger partial charge in [0, 0.05) is 13.0 Å². The number of ether oxygens (including phenoxy) is 1. The minimum absolute atomic E-state index is 0.115. The molecule has 5 nitrogen and oxygen atoms in total. The molecule has 3 rings (SSSR count). The molecule has 1 aliphatic heterocycles. The summed E-state index contributed by atoms with van der Waals surface area (Å²) in [5, 5.41) is 12.5. The maximum absolute atomic E-state index is 12.0. The third kappa shape index (κ3) is 3.69. The van der Waals surface area contributed by atoms with E-state index in [1.807, 2.05) is 18.2 Å². The number of anilines is 1. The highest BCUT2D eigenvalue weighted by Crippen LogP contribution is 2.24. The van der Waals surface area contributed by atoms with Crippen LogP contribution in [0.3, 0.4) is 0 Å². The average Bonchev–Trinajstić information content (AvgIpc) is 3.20. The van der Waals surface area contributed by atoms with Crippen molar-refractivity contribution in [2.75, 3.05) is 11.9 Å². The number of benzene rings is 1. The van der Waals surface area contributed by atoms with Crippen molar-refractivity contribution < 1.29 is 9.53 Å². The van der Waals surface area contributed by atoms with Gasteiger partial charge in [-0.05, 0) is 24.3 Å². The number of nitrogens with one attached hydrogen (secondary N) is 1. The third-order valence-corrected chi connectivity index (χ3v) is 4.63. The first-order valence-corrected chi connectivity index (χ1v) is 8.34.